The van der Waals surface area contributed by atoms with Crippen LogP contribution in [0.2, 0.25) is 0 Å². The van der Waals surface area contributed by atoms with E-state index in [-0.39, 0.29) is 49.3 Å². The number of quaternary nitrogens is 1. The number of benzene rings is 2. The molecule has 0 aromatic heterocycles. The highest BCUT2D eigenvalue weighted by molar-refractivity contribution is 7.94. The van der Waals surface area contributed by atoms with Gasteiger partial charge in [-0.1, -0.05) is 18.2 Å². The monoisotopic (exact) mass is 646 g/mol. The predicted octanol–water partition coefficient (Wildman–Crippen LogP) is 3.75. The number of nitrogens with one attached hydrogen (secondary N) is 1. The van der Waals surface area contributed by atoms with Gasteiger partial charge >= 0.3 is 24.0 Å². The molecule has 1 unspecified atom stereocenters. The van der Waals surface area contributed by atoms with Crippen molar-refractivity contribution in [1.82, 2.24) is 5.32 Å². The van der Waals surface area contributed by atoms with E-state index < -0.39 is 62.6 Å². The van der Waals surface area contributed by atoms with E-state index >= 15 is 0 Å². The molecule has 1 aliphatic rings. The minimum atomic E-state index is -5.28. The molecule has 0 saturated carbocycles. The van der Waals surface area contributed by atoms with E-state index in [4.69, 9.17) is 10.5 Å². The standard InChI is InChI=1S/C27H28F4N3O9S/c1-41-25(37)23-19(6-5-7-20(23)43-26(38)27(29,30)31)42-11-4-2-3-10-33-24(36)18(32)13-15-8-9-16(17(28)12-15)21-14-22(35)34(39,40)44-21/h5-9,12,18,21H,2-4,10-11,13-14,32H2,1H3,(H,33,36)/q-1/t18-,21?/m0/s1. The second-order valence-corrected chi connectivity index (χ2v) is 10.8. The van der Waals surface area contributed by atoms with Gasteiger partial charge in [0.1, 0.15) is 28.1 Å². The molecule has 0 aliphatic carbocycles. The summed E-state index contributed by atoms with van der Waals surface area (Å²) in [5.74, 6) is -6.71. The third kappa shape index (κ3) is 9.12. The zero-order valence-electron chi connectivity index (χ0n) is 23.2. The van der Waals surface area contributed by atoms with Crippen LogP contribution in [0.5, 0.6) is 11.5 Å². The Hall–Kier alpha value is -3.77. The number of nitrogens with zero attached hydrogens (tertiary/aromatic N) is 1. The predicted molar refractivity (Wildman–Crippen MR) is 147 cm³/mol. The van der Waals surface area contributed by atoms with Gasteiger partial charge in [0.25, 0.3) is 0 Å². The van der Waals surface area contributed by atoms with Crippen molar-refractivity contribution in [1.29, 1.82) is 0 Å². The Balaban J connectivity index is 1.42. The van der Waals surface area contributed by atoms with E-state index in [1.807, 2.05) is 0 Å². The molecule has 1 heterocycles. The summed E-state index contributed by atoms with van der Waals surface area (Å²) < 4.78 is 64.4. The number of hydroxylamine groups is 2. The fraction of sp³-hybridized carbons (Fsp3) is 0.407. The maximum Gasteiger partial charge on any atom is 0.491 e. The molecule has 1 aliphatic heterocycles. The third-order valence-electron chi connectivity index (χ3n) is 6.33. The van der Waals surface area contributed by atoms with Gasteiger partial charge in [0.05, 0.1) is 38.1 Å². The van der Waals surface area contributed by atoms with Gasteiger partial charge in [-0.05, 0) is 49.4 Å². The van der Waals surface area contributed by atoms with E-state index in [2.05, 4.69) is 14.8 Å². The number of unbranched alkanes of at least 4 members (excludes halogenated alkanes) is 2. The molecule has 0 bridgehead atoms. The van der Waals surface area contributed by atoms with E-state index in [0.717, 1.165) is 19.2 Å². The van der Waals surface area contributed by atoms with Crippen molar-refractivity contribution in [3.8, 4) is 11.5 Å². The first-order valence-electron chi connectivity index (χ1n) is 13.1. The molecular weight excluding hydrogens is 618 g/mol. The number of esters is 2. The number of alkyl halides is 3. The van der Waals surface area contributed by atoms with Crippen molar-refractivity contribution >= 4 is 35.7 Å². The van der Waals surface area contributed by atoms with Crippen molar-refractivity contribution < 1.29 is 55.2 Å². The van der Waals surface area contributed by atoms with E-state index in [9.17, 15) is 47.2 Å². The number of carbonyl (C=O) groups excluding carboxylic acids is 4. The summed E-state index contributed by atoms with van der Waals surface area (Å²) in [6.07, 6.45) is -4.21. The van der Waals surface area contributed by atoms with E-state index in [1.165, 1.54) is 24.3 Å². The van der Waals surface area contributed by atoms with E-state index in [0.29, 0.717) is 24.8 Å². The second-order valence-electron chi connectivity index (χ2n) is 9.56. The first kappa shape index (κ1) is 34.7. The van der Waals surface area contributed by atoms with Gasteiger partial charge in [0, 0.05) is 12.1 Å². The lowest BCUT2D eigenvalue weighted by Gasteiger charge is -2.36. The third-order valence-corrected chi connectivity index (χ3v) is 7.48. The summed E-state index contributed by atoms with van der Waals surface area (Å²) >= 11 is 0.260. The molecule has 2 aromatic rings. The molecule has 2 atom stereocenters. The van der Waals surface area contributed by atoms with Crippen LogP contribution in [0.4, 0.5) is 17.6 Å². The number of carbonyl (C=O) groups is 4. The molecule has 12 nitrogen and oxygen atoms in total. The number of nitrogens with two attached hydrogens (primary N) is 1. The molecule has 1 fully saturated rings. The van der Waals surface area contributed by atoms with Gasteiger partial charge in [0.15, 0.2) is 0 Å². The van der Waals surface area contributed by atoms with Crippen LogP contribution in [0.15, 0.2) is 36.4 Å². The summed E-state index contributed by atoms with van der Waals surface area (Å²) in [5.41, 5.74) is 5.89. The molecule has 2 amide bonds. The lowest BCUT2D eigenvalue weighted by molar-refractivity contribution is -0.593. The maximum atomic E-state index is 14.6. The lowest BCUT2D eigenvalue weighted by Crippen LogP contribution is -2.42. The number of methoxy groups -OCH3 is 1. The van der Waals surface area contributed by atoms with Gasteiger partial charge in [-0.15, -0.1) is 0 Å². The molecule has 0 radical (unpaired) electrons. The largest absolute Gasteiger partial charge is 0.612 e. The average Bonchev–Trinajstić information content (AvgIpc) is 3.22. The SMILES string of the molecule is COC(=O)c1c(OCCCCCNC(=O)[C@@H](N)Cc2ccc(C3CC(=O)[N+]([O-])([O-])S3)c(F)c2)cccc1OC(=O)C(F)(F)F. The van der Waals surface area contributed by atoms with Crippen LogP contribution in [0.25, 0.3) is 0 Å². The van der Waals surface area contributed by atoms with Crippen LogP contribution in [-0.2, 0) is 25.5 Å². The van der Waals surface area contributed by atoms with Crippen LogP contribution in [0, 0.1) is 16.2 Å². The van der Waals surface area contributed by atoms with Crippen molar-refractivity contribution in [2.24, 2.45) is 5.73 Å². The molecule has 3 rings (SSSR count). The van der Waals surface area contributed by atoms with Crippen LogP contribution < -0.4 is 20.5 Å². The molecular formula is C27H28F4N3O9S-. The first-order valence-corrected chi connectivity index (χ1v) is 13.9. The molecule has 1 saturated heterocycles. The zero-order valence-corrected chi connectivity index (χ0v) is 24.0. The summed E-state index contributed by atoms with van der Waals surface area (Å²) in [6, 6.07) is 6.52. The zero-order chi connectivity index (χ0) is 32.7. The van der Waals surface area contributed by atoms with Gasteiger partial charge < -0.3 is 35.7 Å². The Labute approximate surface area is 252 Å². The summed E-state index contributed by atoms with van der Waals surface area (Å²) in [4.78, 5) is 47.2. The lowest BCUT2D eigenvalue weighted by atomic mass is 10.0. The molecule has 44 heavy (non-hydrogen) atoms. The number of halogens is 4. The minimum absolute atomic E-state index is 0.00337. The van der Waals surface area contributed by atoms with Gasteiger partial charge in [0.2, 0.25) is 5.91 Å². The van der Waals surface area contributed by atoms with Gasteiger partial charge in [-0.25, -0.2) is 18.8 Å². The fourth-order valence-electron chi connectivity index (χ4n) is 4.11. The van der Waals surface area contributed by atoms with E-state index in [1.54, 1.807) is 0 Å². The Morgan fingerprint density at radius 1 is 1.14 bits per heavy atom. The second kappa shape index (κ2) is 14.8. The van der Waals surface area contributed by atoms with Crippen molar-refractivity contribution in [3.05, 3.63) is 69.3 Å². The van der Waals surface area contributed by atoms with Gasteiger partial charge in [-0.3, -0.25) is 9.01 Å². The highest BCUT2D eigenvalue weighted by atomic mass is 32.2. The molecule has 2 aromatic carbocycles. The van der Waals surface area contributed by atoms with Crippen molar-refractivity contribution in [2.75, 3.05) is 20.3 Å². The first-order chi connectivity index (χ1) is 20.6. The molecule has 0 spiro atoms. The van der Waals surface area contributed by atoms with Crippen LogP contribution in [-0.4, -0.2) is 60.4 Å². The number of amides is 2. The quantitative estimate of drug-likeness (QED) is 0.0616. The number of hydrogen-bond acceptors (Lipinski definition) is 11. The summed E-state index contributed by atoms with van der Waals surface area (Å²) in [5, 5.41) is 24.7. The topological polar surface area (TPSA) is 180 Å². The Morgan fingerprint density at radius 2 is 1.84 bits per heavy atom. The van der Waals surface area contributed by atoms with Crippen LogP contribution >= 0.6 is 11.9 Å². The normalized spacial score (nSPS) is 16.7. The van der Waals surface area contributed by atoms with Crippen LogP contribution in [0.1, 0.15) is 52.4 Å². The average molecular weight is 647 g/mol. The molecule has 3 N–H and O–H groups in total. The smallest absolute Gasteiger partial charge is 0.491 e. The number of hydrogen-bond donors (Lipinski definition) is 2. The number of ether oxygens (including phenoxy) is 3. The fourth-order valence-corrected chi connectivity index (χ4v) is 5.16. The van der Waals surface area contributed by atoms with Crippen LogP contribution in [0.3, 0.4) is 0 Å². The highest BCUT2D eigenvalue weighted by Gasteiger charge is 2.42. The summed E-state index contributed by atoms with van der Waals surface area (Å²) in [7, 11) is 0.998. The maximum absolute atomic E-state index is 14.6. The minimum Gasteiger partial charge on any atom is -0.612 e. The van der Waals surface area contributed by atoms with Gasteiger partial charge in [-0.2, -0.15) is 13.2 Å². The Bertz CT molecular complexity index is 1390. The molecule has 240 valence electrons. The Kier molecular flexibility index (Phi) is 11.7. The molecule has 17 heteroatoms. The van der Waals surface area contributed by atoms with Crippen molar-refractivity contribution in [2.45, 2.75) is 49.6 Å². The van der Waals surface area contributed by atoms with Crippen molar-refractivity contribution in [3.63, 3.8) is 0 Å². The highest BCUT2D eigenvalue weighted by Crippen LogP contribution is 2.47. The number of rotatable bonds is 13. The summed E-state index contributed by atoms with van der Waals surface area (Å²) in [6.45, 7) is 0.278. The Morgan fingerprint density at radius 3 is 2.45 bits per heavy atom.